The molecule has 1 rings (SSSR count). The van der Waals surface area contributed by atoms with Gasteiger partial charge in [0.2, 0.25) is 5.91 Å². The molecule has 0 aromatic heterocycles. The molecule has 1 atom stereocenters. The number of hydroxylamine groups is 2. The zero-order valence-corrected chi connectivity index (χ0v) is 19.1. The van der Waals surface area contributed by atoms with Gasteiger partial charge >= 0.3 is 5.97 Å². The smallest absolute Gasteiger partial charge is 0.303 e. The number of carbonyl (C=O) groups excluding carboxylic acids is 1. The van der Waals surface area contributed by atoms with Gasteiger partial charge in [0.1, 0.15) is 0 Å². The van der Waals surface area contributed by atoms with Crippen molar-refractivity contribution >= 4 is 11.9 Å². The van der Waals surface area contributed by atoms with Gasteiger partial charge in [0.25, 0.3) is 0 Å². The minimum Gasteiger partial charge on any atom is -0.481 e. The molecule has 0 saturated carbocycles. The molecule has 1 heterocycles. The summed E-state index contributed by atoms with van der Waals surface area (Å²) in [6.45, 7) is 9.37. The third kappa shape index (κ3) is 12.6. The summed E-state index contributed by atoms with van der Waals surface area (Å²) >= 11 is 0. The van der Waals surface area contributed by atoms with Crippen molar-refractivity contribution in [1.82, 2.24) is 5.06 Å². The zero-order valence-electron chi connectivity index (χ0n) is 19.1. The molecule has 1 fully saturated rings. The van der Waals surface area contributed by atoms with Gasteiger partial charge in [-0.25, -0.2) is 9.90 Å². The fourth-order valence-electron chi connectivity index (χ4n) is 3.06. The van der Waals surface area contributed by atoms with Crippen LogP contribution in [-0.2, 0) is 19.2 Å². The summed E-state index contributed by atoms with van der Waals surface area (Å²) in [7, 11) is 0. The molecule has 0 aromatic rings. The van der Waals surface area contributed by atoms with E-state index in [1.807, 2.05) is 13.0 Å². The van der Waals surface area contributed by atoms with Crippen LogP contribution in [0.2, 0.25) is 0 Å². The molecule has 6 nitrogen and oxygen atoms in total. The molecule has 0 spiro atoms. The summed E-state index contributed by atoms with van der Waals surface area (Å²) in [4.78, 5) is 29.0. The lowest BCUT2D eigenvalue weighted by atomic mass is 10.1. The lowest BCUT2D eigenvalue weighted by Gasteiger charge is -2.29. The van der Waals surface area contributed by atoms with E-state index in [2.05, 4.69) is 32.9 Å². The van der Waals surface area contributed by atoms with Crippen LogP contribution in [0.15, 0.2) is 34.9 Å². The summed E-state index contributed by atoms with van der Waals surface area (Å²) in [6.07, 6.45) is 12.5. The SMILES string of the molecule is CC(C)=CCC/C(C)=C/CC/C(C)=C/CN(OC1CCCCO1)C(=O)CCC(=O)O. The first kappa shape index (κ1) is 26.1. The van der Waals surface area contributed by atoms with Crippen molar-refractivity contribution < 1.29 is 24.3 Å². The lowest BCUT2D eigenvalue weighted by molar-refractivity contribution is -0.276. The number of aliphatic carboxylic acids is 1. The van der Waals surface area contributed by atoms with E-state index in [4.69, 9.17) is 14.7 Å². The summed E-state index contributed by atoms with van der Waals surface area (Å²) in [5.74, 6) is -1.32. The Labute approximate surface area is 181 Å². The van der Waals surface area contributed by atoms with Crippen molar-refractivity contribution in [1.29, 1.82) is 0 Å². The number of allylic oxidation sites excluding steroid dienone is 5. The first-order valence-electron chi connectivity index (χ1n) is 11.0. The van der Waals surface area contributed by atoms with Gasteiger partial charge < -0.3 is 9.84 Å². The van der Waals surface area contributed by atoms with Crippen LogP contribution in [0.5, 0.6) is 0 Å². The van der Waals surface area contributed by atoms with Crippen LogP contribution in [0, 0.1) is 0 Å². The maximum absolute atomic E-state index is 12.4. The second-order valence-electron chi connectivity index (χ2n) is 8.21. The highest BCUT2D eigenvalue weighted by Crippen LogP contribution is 2.17. The molecule has 0 aliphatic carbocycles. The van der Waals surface area contributed by atoms with Crippen molar-refractivity contribution in [2.45, 2.75) is 91.8 Å². The van der Waals surface area contributed by atoms with Crippen molar-refractivity contribution in [2.75, 3.05) is 13.2 Å². The Bertz CT molecular complexity index is 626. The number of carboxylic acids is 1. The Balaban J connectivity index is 2.54. The van der Waals surface area contributed by atoms with Gasteiger partial charge in [-0.1, -0.05) is 34.9 Å². The topological polar surface area (TPSA) is 76.1 Å². The monoisotopic (exact) mass is 421 g/mol. The van der Waals surface area contributed by atoms with Gasteiger partial charge in [-0.3, -0.25) is 9.59 Å². The number of carbonyl (C=O) groups is 2. The molecule has 1 unspecified atom stereocenters. The van der Waals surface area contributed by atoms with Gasteiger partial charge in [-0.15, -0.1) is 0 Å². The van der Waals surface area contributed by atoms with Gasteiger partial charge in [0, 0.05) is 19.4 Å². The molecule has 0 bridgehead atoms. The molecule has 1 saturated heterocycles. The Hall–Kier alpha value is -1.92. The van der Waals surface area contributed by atoms with E-state index in [1.165, 1.54) is 21.8 Å². The number of carboxylic acid groups (broad SMARTS) is 1. The fraction of sp³-hybridized carbons (Fsp3) is 0.667. The Morgan fingerprint density at radius 2 is 1.63 bits per heavy atom. The Morgan fingerprint density at radius 1 is 0.967 bits per heavy atom. The molecule has 0 aromatic carbocycles. The Morgan fingerprint density at radius 3 is 2.23 bits per heavy atom. The van der Waals surface area contributed by atoms with Crippen LogP contribution in [0.3, 0.4) is 0 Å². The number of rotatable bonds is 13. The van der Waals surface area contributed by atoms with E-state index in [0.717, 1.165) is 44.9 Å². The average molecular weight is 422 g/mol. The molecule has 0 radical (unpaired) electrons. The summed E-state index contributed by atoms with van der Waals surface area (Å²) < 4.78 is 5.56. The van der Waals surface area contributed by atoms with Crippen LogP contribution >= 0.6 is 0 Å². The van der Waals surface area contributed by atoms with E-state index < -0.39 is 12.3 Å². The lowest BCUT2D eigenvalue weighted by Crippen LogP contribution is -2.38. The van der Waals surface area contributed by atoms with Gasteiger partial charge in [-0.05, 0) is 66.2 Å². The summed E-state index contributed by atoms with van der Waals surface area (Å²) in [5.41, 5.74) is 3.92. The van der Waals surface area contributed by atoms with E-state index in [-0.39, 0.29) is 18.7 Å². The average Bonchev–Trinajstić information content (AvgIpc) is 2.69. The summed E-state index contributed by atoms with van der Waals surface area (Å²) in [6, 6.07) is 0. The van der Waals surface area contributed by atoms with Crippen LogP contribution < -0.4 is 0 Å². The number of hydrogen-bond acceptors (Lipinski definition) is 4. The third-order valence-electron chi connectivity index (χ3n) is 4.94. The Kier molecular flexibility index (Phi) is 13.0. The quantitative estimate of drug-likeness (QED) is 0.311. The van der Waals surface area contributed by atoms with Gasteiger partial charge in [-0.2, -0.15) is 0 Å². The maximum Gasteiger partial charge on any atom is 0.303 e. The first-order chi connectivity index (χ1) is 14.3. The molecule has 30 heavy (non-hydrogen) atoms. The normalized spacial score (nSPS) is 17.5. The van der Waals surface area contributed by atoms with E-state index in [0.29, 0.717) is 13.2 Å². The second kappa shape index (κ2) is 15.0. The van der Waals surface area contributed by atoms with Crippen molar-refractivity contribution in [2.24, 2.45) is 0 Å². The maximum atomic E-state index is 12.4. The second-order valence-corrected chi connectivity index (χ2v) is 8.21. The number of amides is 1. The predicted molar refractivity (Wildman–Crippen MR) is 119 cm³/mol. The fourth-order valence-corrected chi connectivity index (χ4v) is 3.06. The largest absolute Gasteiger partial charge is 0.481 e. The van der Waals surface area contributed by atoms with Crippen LogP contribution in [0.4, 0.5) is 0 Å². The van der Waals surface area contributed by atoms with Gasteiger partial charge in [0.05, 0.1) is 13.0 Å². The zero-order chi connectivity index (χ0) is 22.4. The molecule has 1 aliphatic rings. The summed E-state index contributed by atoms with van der Waals surface area (Å²) in [5, 5.41) is 10.1. The number of nitrogens with zero attached hydrogens (tertiary/aromatic N) is 1. The van der Waals surface area contributed by atoms with E-state index >= 15 is 0 Å². The highest BCUT2D eigenvalue weighted by molar-refractivity contribution is 5.80. The predicted octanol–water partition coefficient (Wildman–Crippen LogP) is 5.56. The molecule has 1 N–H and O–H groups in total. The molecule has 1 aliphatic heterocycles. The highest BCUT2D eigenvalue weighted by atomic mass is 16.8. The molecule has 170 valence electrons. The molecular formula is C24H39NO5. The van der Waals surface area contributed by atoms with Crippen LogP contribution in [0.25, 0.3) is 0 Å². The van der Waals surface area contributed by atoms with E-state index in [9.17, 15) is 9.59 Å². The van der Waals surface area contributed by atoms with Crippen LogP contribution in [0.1, 0.15) is 85.5 Å². The highest BCUT2D eigenvalue weighted by Gasteiger charge is 2.22. The molecule has 6 heteroatoms. The minimum atomic E-state index is -0.990. The standard InChI is InChI=1S/C24H39NO5/c1-19(2)9-7-10-20(3)11-8-12-21(4)16-17-25(22(26)14-15-23(27)28)30-24-13-5-6-18-29-24/h9,11,16,24H,5-8,10,12-15,17-18H2,1-4H3,(H,27,28)/b20-11+,21-16+. The minimum absolute atomic E-state index is 0.0808. The third-order valence-corrected chi connectivity index (χ3v) is 4.94. The van der Waals surface area contributed by atoms with Gasteiger partial charge in [0.15, 0.2) is 6.29 Å². The van der Waals surface area contributed by atoms with Crippen LogP contribution in [-0.4, -0.2) is 41.5 Å². The first-order valence-corrected chi connectivity index (χ1v) is 11.0. The van der Waals surface area contributed by atoms with Crippen molar-refractivity contribution in [3.8, 4) is 0 Å². The number of ether oxygens (including phenoxy) is 1. The molecule has 1 amide bonds. The van der Waals surface area contributed by atoms with Crippen molar-refractivity contribution in [3.63, 3.8) is 0 Å². The number of hydrogen-bond donors (Lipinski definition) is 1. The van der Waals surface area contributed by atoms with E-state index in [1.54, 1.807) is 0 Å². The molecular weight excluding hydrogens is 382 g/mol. The van der Waals surface area contributed by atoms with Crippen molar-refractivity contribution in [3.05, 3.63) is 34.9 Å².